The predicted molar refractivity (Wildman–Crippen MR) is 82.9 cm³/mol. The molecular formula is C16H12F3N5. The van der Waals surface area contributed by atoms with E-state index in [9.17, 15) is 13.2 Å². The molecule has 0 bridgehead atoms. The molecule has 0 saturated heterocycles. The van der Waals surface area contributed by atoms with Gasteiger partial charge in [-0.1, -0.05) is 18.1 Å². The molecule has 0 aliphatic heterocycles. The summed E-state index contributed by atoms with van der Waals surface area (Å²) in [6.07, 6.45) is 3.82. The Morgan fingerprint density at radius 1 is 1.21 bits per heavy atom. The Balaban J connectivity index is 1.83. The van der Waals surface area contributed by atoms with Gasteiger partial charge in [-0.05, 0) is 17.7 Å². The molecule has 1 aromatic carbocycles. The minimum Gasteiger partial charge on any atom is -0.364 e. The molecule has 3 aromatic rings. The molecule has 0 aliphatic rings. The Morgan fingerprint density at radius 2 is 2.04 bits per heavy atom. The molecule has 0 saturated carbocycles. The molecule has 0 aliphatic carbocycles. The molecule has 3 rings (SSSR count). The van der Waals surface area contributed by atoms with E-state index in [2.05, 4.69) is 26.2 Å². The average molecular weight is 331 g/mol. The van der Waals surface area contributed by atoms with Crippen LogP contribution >= 0.6 is 0 Å². The quantitative estimate of drug-likeness (QED) is 0.747. The first-order valence-corrected chi connectivity index (χ1v) is 6.98. The SMILES string of the molecule is C#CCn1cnc2c(NCc3cccc(C(F)(F)F)c3)ncnc21. The van der Waals surface area contributed by atoms with E-state index in [0.717, 1.165) is 12.1 Å². The number of halogens is 3. The van der Waals surface area contributed by atoms with Crippen molar-refractivity contribution in [1.29, 1.82) is 0 Å². The fourth-order valence-corrected chi connectivity index (χ4v) is 2.27. The van der Waals surface area contributed by atoms with Crippen LogP contribution in [0.4, 0.5) is 19.0 Å². The van der Waals surface area contributed by atoms with Gasteiger partial charge >= 0.3 is 6.18 Å². The number of fused-ring (bicyclic) bond motifs is 1. The normalized spacial score (nSPS) is 11.4. The lowest BCUT2D eigenvalue weighted by atomic mass is 10.1. The van der Waals surface area contributed by atoms with Crippen LogP contribution in [0.15, 0.2) is 36.9 Å². The van der Waals surface area contributed by atoms with E-state index < -0.39 is 11.7 Å². The number of rotatable bonds is 4. The first-order valence-electron chi connectivity index (χ1n) is 6.98. The first-order chi connectivity index (χ1) is 11.5. The summed E-state index contributed by atoms with van der Waals surface area (Å²) in [5.74, 6) is 2.93. The molecule has 24 heavy (non-hydrogen) atoms. The summed E-state index contributed by atoms with van der Waals surface area (Å²) >= 11 is 0. The number of imidazole rings is 1. The minimum atomic E-state index is -4.37. The van der Waals surface area contributed by atoms with Gasteiger partial charge in [-0.3, -0.25) is 0 Å². The summed E-state index contributed by atoms with van der Waals surface area (Å²) in [7, 11) is 0. The fraction of sp³-hybridized carbons (Fsp3) is 0.188. The Hall–Kier alpha value is -3.08. The monoisotopic (exact) mass is 331 g/mol. The summed E-state index contributed by atoms with van der Waals surface area (Å²) in [4.78, 5) is 12.4. The van der Waals surface area contributed by atoms with Gasteiger partial charge in [0.15, 0.2) is 11.5 Å². The van der Waals surface area contributed by atoms with Crippen LogP contribution in [0.5, 0.6) is 0 Å². The van der Waals surface area contributed by atoms with E-state index in [4.69, 9.17) is 6.42 Å². The minimum absolute atomic E-state index is 0.179. The number of hydrogen-bond donors (Lipinski definition) is 1. The maximum Gasteiger partial charge on any atom is 0.416 e. The number of anilines is 1. The summed E-state index contributed by atoms with van der Waals surface area (Å²) < 4.78 is 39.9. The highest BCUT2D eigenvalue weighted by Gasteiger charge is 2.30. The van der Waals surface area contributed by atoms with Gasteiger partial charge in [0.05, 0.1) is 18.4 Å². The van der Waals surface area contributed by atoms with Crippen molar-refractivity contribution in [3.8, 4) is 12.3 Å². The molecule has 0 unspecified atom stereocenters. The second-order valence-corrected chi connectivity index (χ2v) is 5.02. The lowest BCUT2D eigenvalue weighted by Gasteiger charge is -2.10. The summed E-state index contributed by atoms with van der Waals surface area (Å²) in [6, 6.07) is 5.12. The molecule has 1 N–H and O–H groups in total. The number of alkyl halides is 3. The highest BCUT2D eigenvalue weighted by molar-refractivity contribution is 5.82. The molecule has 0 atom stereocenters. The van der Waals surface area contributed by atoms with Crippen LogP contribution in [0.3, 0.4) is 0 Å². The lowest BCUT2D eigenvalue weighted by molar-refractivity contribution is -0.137. The van der Waals surface area contributed by atoms with Crippen molar-refractivity contribution in [3.05, 3.63) is 48.0 Å². The third kappa shape index (κ3) is 3.15. The molecule has 8 heteroatoms. The lowest BCUT2D eigenvalue weighted by Crippen LogP contribution is -2.07. The molecule has 0 fully saturated rings. The predicted octanol–water partition coefficient (Wildman–Crippen LogP) is 3.09. The zero-order valence-electron chi connectivity index (χ0n) is 12.4. The molecule has 0 spiro atoms. The van der Waals surface area contributed by atoms with Crippen LogP contribution < -0.4 is 5.32 Å². The van der Waals surface area contributed by atoms with Crippen LogP contribution in [0.1, 0.15) is 11.1 Å². The fourth-order valence-electron chi connectivity index (χ4n) is 2.27. The second-order valence-electron chi connectivity index (χ2n) is 5.02. The number of nitrogens with one attached hydrogen (secondary N) is 1. The van der Waals surface area contributed by atoms with Crippen molar-refractivity contribution in [2.45, 2.75) is 19.3 Å². The summed E-state index contributed by atoms with van der Waals surface area (Å²) in [6.45, 7) is 0.499. The van der Waals surface area contributed by atoms with Crippen molar-refractivity contribution in [2.75, 3.05) is 5.32 Å². The van der Waals surface area contributed by atoms with E-state index in [1.807, 2.05) is 0 Å². The topological polar surface area (TPSA) is 55.6 Å². The zero-order chi connectivity index (χ0) is 17.2. The van der Waals surface area contributed by atoms with E-state index in [0.29, 0.717) is 29.1 Å². The third-order valence-corrected chi connectivity index (χ3v) is 3.38. The third-order valence-electron chi connectivity index (χ3n) is 3.38. The second kappa shape index (κ2) is 6.20. The molecular weight excluding hydrogens is 319 g/mol. The number of hydrogen-bond acceptors (Lipinski definition) is 4. The molecule has 2 heterocycles. The van der Waals surface area contributed by atoms with Crippen LogP contribution in [0, 0.1) is 12.3 Å². The van der Waals surface area contributed by atoms with Crippen LogP contribution in [-0.2, 0) is 19.3 Å². The Kier molecular flexibility index (Phi) is 4.08. The van der Waals surface area contributed by atoms with Crippen LogP contribution in [-0.4, -0.2) is 19.5 Å². The number of aromatic nitrogens is 4. The van der Waals surface area contributed by atoms with Gasteiger partial charge in [0.1, 0.15) is 11.8 Å². The number of benzene rings is 1. The Labute approximate surface area is 135 Å². The van der Waals surface area contributed by atoms with Gasteiger partial charge < -0.3 is 9.88 Å². The van der Waals surface area contributed by atoms with Crippen LogP contribution in [0.25, 0.3) is 11.2 Å². The highest BCUT2D eigenvalue weighted by Crippen LogP contribution is 2.29. The van der Waals surface area contributed by atoms with Gasteiger partial charge in [-0.15, -0.1) is 6.42 Å². The smallest absolute Gasteiger partial charge is 0.364 e. The van der Waals surface area contributed by atoms with E-state index in [1.54, 1.807) is 17.0 Å². The number of terminal acetylenes is 1. The molecule has 0 radical (unpaired) electrons. The van der Waals surface area contributed by atoms with Gasteiger partial charge in [0.2, 0.25) is 0 Å². The first kappa shape index (κ1) is 15.8. The van der Waals surface area contributed by atoms with E-state index in [1.165, 1.54) is 12.4 Å². The maximum absolute atomic E-state index is 12.7. The van der Waals surface area contributed by atoms with Gasteiger partial charge in [-0.25, -0.2) is 15.0 Å². The largest absolute Gasteiger partial charge is 0.416 e. The standard InChI is InChI=1S/C16H12F3N5/c1-2-6-24-10-23-13-14(21-9-22-15(13)24)20-8-11-4-3-5-12(7-11)16(17,18)19/h1,3-5,7,9-10H,6,8H2,(H,20,21,22). The maximum atomic E-state index is 12.7. The number of nitrogens with zero attached hydrogens (tertiary/aromatic N) is 4. The zero-order valence-corrected chi connectivity index (χ0v) is 12.4. The van der Waals surface area contributed by atoms with Crippen molar-refractivity contribution < 1.29 is 13.2 Å². The summed E-state index contributed by atoms with van der Waals surface area (Å²) in [5, 5.41) is 2.99. The average Bonchev–Trinajstić information content (AvgIpc) is 2.97. The Bertz CT molecular complexity index is 908. The van der Waals surface area contributed by atoms with Crippen LogP contribution in [0.2, 0.25) is 0 Å². The van der Waals surface area contributed by atoms with Gasteiger partial charge in [0, 0.05) is 6.54 Å². The van der Waals surface area contributed by atoms with E-state index in [-0.39, 0.29) is 6.54 Å². The highest BCUT2D eigenvalue weighted by atomic mass is 19.4. The molecule has 2 aromatic heterocycles. The van der Waals surface area contributed by atoms with Crippen molar-refractivity contribution >= 4 is 17.0 Å². The van der Waals surface area contributed by atoms with E-state index >= 15 is 0 Å². The molecule has 5 nitrogen and oxygen atoms in total. The Morgan fingerprint density at radius 3 is 2.79 bits per heavy atom. The van der Waals surface area contributed by atoms with Crippen molar-refractivity contribution in [1.82, 2.24) is 19.5 Å². The van der Waals surface area contributed by atoms with Gasteiger partial charge in [0.25, 0.3) is 0 Å². The summed E-state index contributed by atoms with van der Waals surface area (Å²) in [5.41, 5.74) is 0.877. The van der Waals surface area contributed by atoms with Gasteiger partial charge in [-0.2, -0.15) is 13.2 Å². The molecule has 122 valence electrons. The van der Waals surface area contributed by atoms with Crippen molar-refractivity contribution in [2.24, 2.45) is 0 Å². The van der Waals surface area contributed by atoms with Crippen molar-refractivity contribution in [3.63, 3.8) is 0 Å². The molecule has 0 amide bonds.